The number of methoxy groups -OCH3 is 1. The lowest BCUT2D eigenvalue weighted by atomic mass is 9.68. The van der Waals surface area contributed by atoms with Crippen molar-refractivity contribution in [2.45, 2.75) is 64.2 Å². The minimum absolute atomic E-state index is 0.225. The van der Waals surface area contributed by atoms with Gasteiger partial charge in [0.05, 0.1) is 11.6 Å². The van der Waals surface area contributed by atoms with Crippen molar-refractivity contribution in [2.75, 3.05) is 13.7 Å². The SMILES string of the molecule is COCC=CC1CCC(C2CCC(CCc3ccc(Cl)c(F)c3)CC2)CC1. The summed E-state index contributed by atoms with van der Waals surface area (Å²) in [6, 6.07) is 5.26. The van der Waals surface area contributed by atoms with Crippen molar-refractivity contribution < 1.29 is 9.13 Å². The van der Waals surface area contributed by atoms with Crippen molar-refractivity contribution in [2.24, 2.45) is 23.7 Å². The van der Waals surface area contributed by atoms with Crippen LogP contribution in [0.2, 0.25) is 5.02 Å². The van der Waals surface area contributed by atoms with Crippen molar-refractivity contribution in [3.8, 4) is 0 Å². The van der Waals surface area contributed by atoms with Gasteiger partial charge in [-0.2, -0.15) is 0 Å². The average Bonchev–Trinajstić information content (AvgIpc) is 2.70. The summed E-state index contributed by atoms with van der Waals surface area (Å²) in [6.45, 7) is 0.743. The lowest BCUT2D eigenvalue weighted by Gasteiger charge is -2.37. The second-order valence-electron chi connectivity index (χ2n) is 8.63. The zero-order chi connectivity index (χ0) is 19.1. The molecule has 0 amide bonds. The van der Waals surface area contributed by atoms with Crippen LogP contribution in [0.15, 0.2) is 30.4 Å². The van der Waals surface area contributed by atoms with Crippen LogP contribution in [0.3, 0.4) is 0 Å². The average molecular weight is 393 g/mol. The number of halogens is 2. The number of aryl methyl sites for hydroxylation is 1. The summed E-state index contributed by atoms with van der Waals surface area (Å²) in [4.78, 5) is 0. The van der Waals surface area contributed by atoms with Crippen LogP contribution in [-0.2, 0) is 11.2 Å². The van der Waals surface area contributed by atoms with Crippen molar-refractivity contribution >= 4 is 11.6 Å². The molecule has 0 atom stereocenters. The quantitative estimate of drug-likeness (QED) is 0.445. The maximum absolute atomic E-state index is 13.6. The second-order valence-corrected chi connectivity index (χ2v) is 9.03. The maximum Gasteiger partial charge on any atom is 0.142 e. The molecule has 1 nitrogen and oxygen atoms in total. The maximum atomic E-state index is 13.6. The fraction of sp³-hybridized carbons (Fsp3) is 0.667. The van der Waals surface area contributed by atoms with Gasteiger partial charge in [0, 0.05) is 7.11 Å². The molecule has 2 aliphatic rings. The smallest absolute Gasteiger partial charge is 0.142 e. The molecular formula is C24H34ClFO. The van der Waals surface area contributed by atoms with E-state index in [0.29, 0.717) is 0 Å². The van der Waals surface area contributed by atoms with E-state index in [2.05, 4.69) is 12.2 Å². The third-order valence-electron chi connectivity index (χ3n) is 6.87. The first-order valence-electron chi connectivity index (χ1n) is 10.7. The minimum atomic E-state index is -0.287. The van der Waals surface area contributed by atoms with Crippen LogP contribution in [0.25, 0.3) is 0 Å². The van der Waals surface area contributed by atoms with Gasteiger partial charge < -0.3 is 4.74 Å². The van der Waals surface area contributed by atoms with E-state index in [1.54, 1.807) is 19.2 Å². The largest absolute Gasteiger partial charge is 0.381 e. The van der Waals surface area contributed by atoms with E-state index in [-0.39, 0.29) is 10.8 Å². The molecule has 150 valence electrons. The molecule has 2 saturated carbocycles. The first-order chi connectivity index (χ1) is 13.2. The molecule has 0 spiro atoms. The molecule has 0 N–H and O–H groups in total. The molecule has 0 aromatic heterocycles. The molecule has 27 heavy (non-hydrogen) atoms. The minimum Gasteiger partial charge on any atom is -0.381 e. The lowest BCUT2D eigenvalue weighted by Crippen LogP contribution is -2.25. The van der Waals surface area contributed by atoms with Gasteiger partial charge in [0.25, 0.3) is 0 Å². The fourth-order valence-corrected chi connectivity index (χ4v) is 5.28. The van der Waals surface area contributed by atoms with Crippen LogP contribution < -0.4 is 0 Å². The van der Waals surface area contributed by atoms with E-state index in [1.165, 1.54) is 57.8 Å². The predicted molar refractivity (Wildman–Crippen MR) is 112 cm³/mol. The van der Waals surface area contributed by atoms with Gasteiger partial charge in [-0.1, -0.05) is 42.7 Å². The van der Waals surface area contributed by atoms with Crippen LogP contribution in [0.1, 0.15) is 63.4 Å². The number of rotatable bonds is 7. The standard InChI is InChI=1S/C24H34ClFO/c1-27-16-2-3-18-6-11-21(12-7-18)22-13-8-19(9-14-22)4-5-20-10-15-23(25)24(26)17-20/h2-3,10,15,17-19,21-22H,4-9,11-14,16H2,1H3. The van der Waals surface area contributed by atoms with Gasteiger partial charge in [-0.25, -0.2) is 4.39 Å². The lowest BCUT2D eigenvalue weighted by molar-refractivity contribution is 0.152. The van der Waals surface area contributed by atoms with Crippen LogP contribution in [0, 0.1) is 29.5 Å². The summed E-state index contributed by atoms with van der Waals surface area (Å²) >= 11 is 5.78. The highest BCUT2D eigenvalue weighted by atomic mass is 35.5. The Balaban J connectivity index is 1.36. The predicted octanol–water partition coefficient (Wildman–Crippen LogP) is 7.23. The van der Waals surface area contributed by atoms with Crippen molar-refractivity contribution in [1.82, 2.24) is 0 Å². The molecule has 0 unspecified atom stereocenters. The Morgan fingerprint density at radius 2 is 1.70 bits per heavy atom. The van der Waals surface area contributed by atoms with Crippen LogP contribution in [0.4, 0.5) is 4.39 Å². The first-order valence-corrected chi connectivity index (χ1v) is 11.1. The Hall–Kier alpha value is -0.860. The van der Waals surface area contributed by atoms with E-state index in [0.717, 1.165) is 42.3 Å². The Bertz CT molecular complexity index is 598. The zero-order valence-corrected chi connectivity index (χ0v) is 17.4. The highest BCUT2D eigenvalue weighted by Gasteiger charge is 2.30. The van der Waals surface area contributed by atoms with E-state index < -0.39 is 0 Å². The molecular weight excluding hydrogens is 359 g/mol. The van der Waals surface area contributed by atoms with Crippen molar-refractivity contribution in [3.63, 3.8) is 0 Å². The molecule has 0 heterocycles. The monoisotopic (exact) mass is 392 g/mol. The van der Waals surface area contributed by atoms with Gasteiger partial charge in [-0.15, -0.1) is 0 Å². The number of ether oxygens (including phenoxy) is 1. The van der Waals surface area contributed by atoms with E-state index >= 15 is 0 Å². The molecule has 2 fully saturated rings. The number of hydrogen-bond donors (Lipinski definition) is 0. The van der Waals surface area contributed by atoms with Crippen LogP contribution in [0.5, 0.6) is 0 Å². The number of hydrogen-bond acceptors (Lipinski definition) is 1. The summed E-state index contributed by atoms with van der Waals surface area (Å²) in [5.41, 5.74) is 1.08. The van der Waals surface area contributed by atoms with Crippen LogP contribution in [-0.4, -0.2) is 13.7 Å². The summed E-state index contributed by atoms with van der Waals surface area (Å²) in [5.74, 6) is 3.19. The molecule has 0 saturated heterocycles. The van der Waals surface area contributed by atoms with Gasteiger partial charge >= 0.3 is 0 Å². The van der Waals surface area contributed by atoms with Gasteiger partial charge in [0.15, 0.2) is 0 Å². The second kappa shape index (κ2) is 10.6. The van der Waals surface area contributed by atoms with Gasteiger partial charge in [-0.05, 0) is 92.7 Å². The highest BCUT2D eigenvalue weighted by molar-refractivity contribution is 6.30. The Morgan fingerprint density at radius 3 is 2.33 bits per heavy atom. The van der Waals surface area contributed by atoms with E-state index in [1.807, 2.05) is 6.07 Å². The molecule has 3 rings (SSSR count). The Morgan fingerprint density at radius 1 is 1.04 bits per heavy atom. The van der Waals surface area contributed by atoms with Gasteiger partial charge in [0.2, 0.25) is 0 Å². The van der Waals surface area contributed by atoms with Crippen molar-refractivity contribution in [3.05, 3.63) is 46.8 Å². The molecule has 1 aromatic rings. The van der Waals surface area contributed by atoms with Gasteiger partial charge in [0.1, 0.15) is 5.82 Å². The zero-order valence-electron chi connectivity index (χ0n) is 16.6. The van der Waals surface area contributed by atoms with E-state index in [9.17, 15) is 4.39 Å². The van der Waals surface area contributed by atoms with E-state index in [4.69, 9.17) is 16.3 Å². The number of benzene rings is 1. The summed E-state index contributed by atoms with van der Waals surface area (Å²) in [7, 11) is 1.76. The molecule has 1 aromatic carbocycles. The molecule has 0 radical (unpaired) electrons. The molecule has 2 aliphatic carbocycles. The highest BCUT2D eigenvalue weighted by Crippen LogP contribution is 2.42. The fourth-order valence-electron chi connectivity index (χ4n) is 5.17. The Kier molecular flexibility index (Phi) is 8.21. The summed E-state index contributed by atoms with van der Waals surface area (Å²) in [5, 5.41) is 0.225. The first kappa shape index (κ1) is 20.9. The van der Waals surface area contributed by atoms with Crippen LogP contribution >= 0.6 is 11.6 Å². The molecule has 0 aliphatic heterocycles. The number of allylic oxidation sites excluding steroid dienone is 1. The van der Waals surface area contributed by atoms with Gasteiger partial charge in [-0.3, -0.25) is 0 Å². The third kappa shape index (κ3) is 6.32. The topological polar surface area (TPSA) is 9.23 Å². The van der Waals surface area contributed by atoms with Crippen molar-refractivity contribution in [1.29, 1.82) is 0 Å². The molecule has 0 bridgehead atoms. The molecule has 3 heteroatoms. The normalized spacial score (nSPS) is 29.3. The third-order valence-corrected chi connectivity index (χ3v) is 7.18. The summed E-state index contributed by atoms with van der Waals surface area (Å²) < 4.78 is 18.7. The summed E-state index contributed by atoms with van der Waals surface area (Å²) in [6.07, 6.45) is 17.7. The Labute approximate surface area is 169 Å².